The van der Waals surface area contributed by atoms with Crippen molar-refractivity contribution in [1.29, 1.82) is 5.26 Å². The molecule has 0 radical (unpaired) electrons. The van der Waals surface area contributed by atoms with Gasteiger partial charge in [0.05, 0.1) is 11.3 Å². The summed E-state index contributed by atoms with van der Waals surface area (Å²) in [6.45, 7) is 2.43. The van der Waals surface area contributed by atoms with Crippen molar-refractivity contribution in [2.24, 2.45) is 0 Å². The fraction of sp³-hybridized carbons (Fsp3) is 0.128. The topological polar surface area (TPSA) is 114 Å². The van der Waals surface area contributed by atoms with Crippen LogP contribution in [0.1, 0.15) is 37.5 Å². The van der Waals surface area contributed by atoms with E-state index in [2.05, 4.69) is 39.1 Å². The summed E-state index contributed by atoms with van der Waals surface area (Å²) in [6.07, 6.45) is 2.39. The van der Waals surface area contributed by atoms with E-state index in [1.807, 2.05) is 60.7 Å². The van der Waals surface area contributed by atoms with E-state index in [0.29, 0.717) is 21.8 Å². The monoisotopic (exact) mass is 683 g/mol. The number of carbonyl (C=O) groups is 3. The predicted molar refractivity (Wildman–Crippen MR) is 196 cm³/mol. The Labute approximate surface area is 293 Å². The van der Waals surface area contributed by atoms with Crippen LogP contribution in [0.3, 0.4) is 0 Å². The van der Waals surface area contributed by atoms with Gasteiger partial charge < -0.3 is 16.0 Å². The number of hydrogen-bond acceptors (Lipinski definition) is 7. The molecule has 0 unspecified atom stereocenters. The summed E-state index contributed by atoms with van der Waals surface area (Å²) >= 11 is 2.80. The van der Waals surface area contributed by atoms with Crippen molar-refractivity contribution in [2.45, 2.75) is 24.4 Å². The van der Waals surface area contributed by atoms with E-state index in [-0.39, 0.29) is 17.4 Å². The Bertz CT molecular complexity index is 2020. The van der Waals surface area contributed by atoms with Gasteiger partial charge in [-0.1, -0.05) is 84.9 Å². The molecule has 0 saturated heterocycles. The van der Waals surface area contributed by atoms with Gasteiger partial charge in [0.1, 0.15) is 16.8 Å². The number of fused-ring (bicyclic) bond motifs is 1. The molecule has 0 aliphatic carbocycles. The third-order valence-electron chi connectivity index (χ3n) is 7.85. The molecular weight excluding hydrogens is 651 g/mol. The Balaban J connectivity index is 1.08. The van der Waals surface area contributed by atoms with Crippen LogP contribution in [0.25, 0.3) is 6.08 Å². The lowest BCUT2D eigenvalue weighted by Gasteiger charge is -2.26. The largest absolute Gasteiger partial charge is 0.321 e. The van der Waals surface area contributed by atoms with Gasteiger partial charge in [-0.25, -0.2) is 0 Å². The molecule has 49 heavy (non-hydrogen) atoms. The van der Waals surface area contributed by atoms with Crippen molar-refractivity contribution in [3.63, 3.8) is 0 Å². The van der Waals surface area contributed by atoms with Gasteiger partial charge in [-0.3, -0.25) is 19.3 Å². The molecule has 1 aliphatic rings. The Hall–Kier alpha value is -5.47. The number of nitrogens with zero attached hydrogens (tertiary/aromatic N) is 2. The zero-order valence-electron chi connectivity index (χ0n) is 26.5. The first-order valence-electron chi connectivity index (χ1n) is 15.7. The van der Waals surface area contributed by atoms with Crippen LogP contribution in [-0.2, 0) is 29.1 Å². The first-order valence-corrected chi connectivity index (χ1v) is 17.5. The average molecular weight is 684 g/mol. The van der Waals surface area contributed by atoms with Crippen LogP contribution in [0, 0.1) is 11.3 Å². The lowest BCUT2D eigenvalue weighted by molar-refractivity contribution is -0.114. The summed E-state index contributed by atoms with van der Waals surface area (Å²) in [7, 11) is 0. The SMILES string of the molecule is N#Cc1c(NC(=O)CSc2cccc(NC(=O)/C(=C/c3ccccc3)NC(=O)c3ccccc3)c2)sc2c1CCN(Cc1ccccc1)C2. The standard InChI is InChI=1S/C39H33N5O3S2/c40-23-33-32-19-20-44(24-28-13-6-2-7-14-28)25-35(32)49-39(33)43-36(45)26-48-31-18-10-17-30(22-31)41-38(47)34(21-27-11-4-1-5-12-27)42-37(46)29-15-8-3-9-16-29/h1-18,21-22H,19-20,24-26H2,(H,41,47)(H,42,46)(H,43,45)/b34-21-. The summed E-state index contributed by atoms with van der Waals surface area (Å²) in [5.41, 5.74) is 4.63. The number of thioether (sulfide) groups is 1. The highest BCUT2D eigenvalue weighted by atomic mass is 32.2. The van der Waals surface area contributed by atoms with E-state index in [4.69, 9.17) is 0 Å². The summed E-state index contributed by atoms with van der Waals surface area (Å²) in [6, 6.07) is 37.8. The number of hydrogen-bond donors (Lipinski definition) is 3. The Morgan fingerprint density at radius 3 is 2.33 bits per heavy atom. The molecule has 0 fully saturated rings. The molecule has 1 aromatic heterocycles. The molecular formula is C39H33N5O3S2. The molecule has 5 aromatic rings. The van der Waals surface area contributed by atoms with Gasteiger partial charge in [0.2, 0.25) is 5.91 Å². The maximum absolute atomic E-state index is 13.4. The van der Waals surface area contributed by atoms with Gasteiger partial charge in [0.25, 0.3) is 11.8 Å². The van der Waals surface area contributed by atoms with Crippen LogP contribution in [-0.4, -0.2) is 34.9 Å². The van der Waals surface area contributed by atoms with Crippen molar-refractivity contribution >= 4 is 57.6 Å². The van der Waals surface area contributed by atoms with Gasteiger partial charge in [-0.2, -0.15) is 5.26 Å². The first-order chi connectivity index (χ1) is 23.9. The second-order valence-electron chi connectivity index (χ2n) is 11.4. The van der Waals surface area contributed by atoms with Crippen LogP contribution in [0.5, 0.6) is 0 Å². The molecule has 0 spiro atoms. The summed E-state index contributed by atoms with van der Waals surface area (Å²) < 4.78 is 0. The summed E-state index contributed by atoms with van der Waals surface area (Å²) in [5, 5.41) is 19.1. The van der Waals surface area contributed by atoms with Crippen LogP contribution in [0.15, 0.2) is 126 Å². The fourth-order valence-electron chi connectivity index (χ4n) is 5.47. The second-order valence-corrected chi connectivity index (χ2v) is 13.5. The maximum Gasteiger partial charge on any atom is 0.272 e. The second kappa shape index (κ2) is 16.1. The van der Waals surface area contributed by atoms with Crippen LogP contribution < -0.4 is 16.0 Å². The van der Waals surface area contributed by atoms with E-state index < -0.39 is 11.8 Å². The molecule has 6 rings (SSSR count). The predicted octanol–water partition coefficient (Wildman–Crippen LogP) is 7.32. The molecule has 2 heterocycles. The van der Waals surface area contributed by atoms with Gasteiger partial charge in [0, 0.05) is 40.7 Å². The summed E-state index contributed by atoms with van der Waals surface area (Å²) in [5.74, 6) is -0.977. The van der Waals surface area contributed by atoms with Gasteiger partial charge in [0.15, 0.2) is 0 Å². The zero-order chi connectivity index (χ0) is 34.0. The molecule has 3 amide bonds. The molecule has 3 N–H and O–H groups in total. The summed E-state index contributed by atoms with van der Waals surface area (Å²) in [4.78, 5) is 43.7. The van der Waals surface area contributed by atoms with Crippen LogP contribution in [0.2, 0.25) is 0 Å². The van der Waals surface area contributed by atoms with Crippen molar-refractivity contribution in [1.82, 2.24) is 10.2 Å². The molecule has 10 heteroatoms. The van der Waals surface area contributed by atoms with E-state index in [1.54, 1.807) is 48.5 Å². The Kier molecular flexibility index (Phi) is 11.0. The lowest BCUT2D eigenvalue weighted by Crippen LogP contribution is -2.30. The lowest BCUT2D eigenvalue weighted by atomic mass is 10.0. The molecule has 244 valence electrons. The number of anilines is 2. The maximum atomic E-state index is 13.4. The van der Waals surface area contributed by atoms with E-state index in [0.717, 1.165) is 47.0 Å². The molecule has 0 atom stereocenters. The highest BCUT2D eigenvalue weighted by molar-refractivity contribution is 8.00. The quantitative estimate of drug-likeness (QED) is 0.0994. The minimum atomic E-state index is -0.485. The number of nitriles is 1. The molecule has 8 nitrogen and oxygen atoms in total. The minimum absolute atomic E-state index is 0.0904. The minimum Gasteiger partial charge on any atom is -0.321 e. The molecule has 0 saturated carbocycles. The Morgan fingerprint density at radius 2 is 1.59 bits per heavy atom. The molecule has 1 aliphatic heterocycles. The van der Waals surface area contributed by atoms with Gasteiger partial charge in [-0.05, 0) is 59.5 Å². The zero-order valence-corrected chi connectivity index (χ0v) is 28.2. The van der Waals surface area contributed by atoms with Crippen LogP contribution in [0.4, 0.5) is 10.7 Å². The normalized spacial score (nSPS) is 12.8. The Morgan fingerprint density at radius 1 is 0.878 bits per heavy atom. The van der Waals surface area contributed by atoms with Crippen molar-refractivity contribution in [3.8, 4) is 6.07 Å². The van der Waals surface area contributed by atoms with Crippen molar-refractivity contribution in [3.05, 3.63) is 154 Å². The third kappa shape index (κ3) is 8.91. The van der Waals surface area contributed by atoms with E-state index >= 15 is 0 Å². The highest BCUT2D eigenvalue weighted by Gasteiger charge is 2.25. The number of carbonyl (C=O) groups excluding carboxylic acids is 3. The smallest absolute Gasteiger partial charge is 0.272 e. The number of rotatable bonds is 11. The number of benzene rings is 4. The molecule has 0 bridgehead atoms. The fourth-order valence-corrected chi connectivity index (χ4v) is 7.48. The number of thiophene rings is 1. The first kappa shape index (κ1) is 33.4. The molecule has 4 aromatic carbocycles. The van der Waals surface area contributed by atoms with Gasteiger partial charge >= 0.3 is 0 Å². The highest BCUT2D eigenvalue weighted by Crippen LogP contribution is 2.37. The van der Waals surface area contributed by atoms with Crippen LogP contribution >= 0.6 is 23.1 Å². The third-order valence-corrected chi connectivity index (χ3v) is 9.98. The van der Waals surface area contributed by atoms with Crippen molar-refractivity contribution < 1.29 is 14.4 Å². The number of nitrogens with one attached hydrogen (secondary N) is 3. The van der Waals surface area contributed by atoms with Gasteiger partial charge in [-0.15, -0.1) is 23.1 Å². The van der Waals surface area contributed by atoms with E-state index in [9.17, 15) is 19.6 Å². The number of amides is 3. The van der Waals surface area contributed by atoms with E-state index in [1.165, 1.54) is 28.7 Å². The average Bonchev–Trinajstić information content (AvgIpc) is 3.47. The van der Waals surface area contributed by atoms with Crippen molar-refractivity contribution in [2.75, 3.05) is 22.9 Å².